The van der Waals surface area contributed by atoms with Gasteiger partial charge in [-0.05, 0) is 18.9 Å². The van der Waals surface area contributed by atoms with Crippen molar-refractivity contribution in [3.63, 3.8) is 0 Å². The van der Waals surface area contributed by atoms with Crippen LogP contribution in [0.25, 0.3) is 0 Å². The molecule has 1 amide bonds. The van der Waals surface area contributed by atoms with E-state index in [1.54, 1.807) is 14.1 Å². The fourth-order valence-corrected chi connectivity index (χ4v) is 1.25. The zero-order valence-electron chi connectivity index (χ0n) is 7.46. The summed E-state index contributed by atoms with van der Waals surface area (Å²) < 4.78 is 0. The molecule has 1 aliphatic rings. The van der Waals surface area contributed by atoms with Gasteiger partial charge < -0.3 is 4.90 Å². The number of amides is 1. The van der Waals surface area contributed by atoms with Gasteiger partial charge in [0.15, 0.2) is 5.78 Å². The number of nitrogens with zero attached hydrogens (tertiary/aromatic N) is 1. The van der Waals surface area contributed by atoms with Crippen LogP contribution in [-0.2, 0) is 9.59 Å². The van der Waals surface area contributed by atoms with E-state index in [-0.39, 0.29) is 11.7 Å². The van der Waals surface area contributed by atoms with Crippen LogP contribution < -0.4 is 0 Å². The number of likely N-dealkylation sites (N-methyl/N-ethyl adjacent to an activating group) is 1. The zero-order chi connectivity index (χ0) is 9.14. The number of ketones is 1. The lowest BCUT2D eigenvalue weighted by Crippen LogP contribution is -2.25. The summed E-state index contributed by atoms with van der Waals surface area (Å²) in [5.41, 5.74) is 0.649. The fourth-order valence-electron chi connectivity index (χ4n) is 1.25. The minimum atomic E-state index is -0.0388. The van der Waals surface area contributed by atoms with E-state index in [4.69, 9.17) is 0 Å². The van der Waals surface area contributed by atoms with Crippen LogP contribution in [0.15, 0.2) is 11.6 Å². The van der Waals surface area contributed by atoms with E-state index < -0.39 is 0 Å². The van der Waals surface area contributed by atoms with Crippen LogP contribution in [0.4, 0.5) is 0 Å². The number of hydrogen-bond donors (Lipinski definition) is 0. The Morgan fingerprint density at radius 3 is 2.58 bits per heavy atom. The van der Waals surface area contributed by atoms with Crippen LogP contribution in [0, 0.1) is 0 Å². The Morgan fingerprint density at radius 2 is 2.08 bits per heavy atom. The monoisotopic (exact) mass is 167 g/mol. The Balaban J connectivity index is 2.74. The number of allylic oxidation sites excluding steroid dienone is 1. The first-order chi connectivity index (χ1) is 5.61. The summed E-state index contributed by atoms with van der Waals surface area (Å²) in [4.78, 5) is 23.8. The molecule has 0 N–H and O–H groups in total. The first kappa shape index (κ1) is 8.97. The smallest absolute Gasteiger partial charge is 0.249 e. The molecule has 0 saturated heterocycles. The molecule has 1 aliphatic carbocycles. The average molecular weight is 167 g/mol. The molecule has 3 nitrogen and oxygen atoms in total. The van der Waals surface area contributed by atoms with Crippen molar-refractivity contribution < 1.29 is 9.59 Å². The van der Waals surface area contributed by atoms with Crippen LogP contribution in [0.3, 0.4) is 0 Å². The molecule has 1 rings (SSSR count). The average Bonchev–Trinajstić information content (AvgIpc) is 2.03. The largest absolute Gasteiger partial charge is 0.345 e. The summed E-state index contributed by atoms with van der Waals surface area (Å²) in [6, 6.07) is 0. The molecule has 0 aromatic heterocycles. The highest BCUT2D eigenvalue weighted by atomic mass is 16.2. The molecule has 0 atom stereocenters. The Bertz CT molecular complexity index is 241. The summed E-state index contributed by atoms with van der Waals surface area (Å²) in [6.45, 7) is 0. The highest BCUT2D eigenvalue weighted by molar-refractivity contribution is 6.02. The van der Waals surface area contributed by atoms with E-state index in [1.807, 2.05) is 0 Å². The van der Waals surface area contributed by atoms with Crippen molar-refractivity contribution in [2.45, 2.75) is 19.3 Å². The van der Waals surface area contributed by atoms with Gasteiger partial charge in [-0.15, -0.1) is 0 Å². The number of rotatable bonds is 1. The maximum absolute atomic E-state index is 11.3. The van der Waals surface area contributed by atoms with Crippen LogP contribution >= 0.6 is 0 Å². The molecule has 0 unspecified atom stereocenters. The molecule has 12 heavy (non-hydrogen) atoms. The summed E-state index contributed by atoms with van der Waals surface area (Å²) in [6.07, 6.45) is 3.61. The number of carbonyl (C=O) groups is 2. The van der Waals surface area contributed by atoms with Crippen LogP contribution in [-0.4, -0.2) is 30.7 Å². The Kier molecular flexibility index (Phi) is 2.63. The summed E-state index contributed by atoms with van der Waals surface area (Å²) >= 11 is 0. The third-order valence-electron chi connectivity index (χ3n) is 1.89. The molecule has 0 radical (unpaired) electrons. The second kappa shape index (κ2) is 3.52. The standard InChI is InChI=1S/C9H13NO2/c1-10(2)9(12)7-4-3-5-8(11)6-7/h6H,3-5H2,1-2H3. The Morgan fingerprint density at radius 1 is 1.42 bits per heavy atom. The van der Waals surface area contributed by atoms with E-state index in [2.05, 4.69) is 0 Å². The lowest BCUT2D eigenvalue weighted by atomic mass is 9.98. The first-order valence-corrected chi connectivity index (χ1v) is 4.06. The minimum absolute atomic E-state index is 0.0388. The molecule has 0 spiro atoms. The summed E-state index contributed by atoms with van der Waals surface area (Å²) in [7, 11) is 3.39. The fraction of sp³-hybridized carbons (Fsp3) is 0.556. The first-order valence-electron chi connectivity index (χ1n) is 4.06. The van der Waals surface area contributed by atoms with E-state index >= 15 is 0 Å². The predicted octanol–water partition coefficient (Wildman–Crippen LogP) is 0.754. The van der Waals surface area contributed by atoms with Gasteiger partial charge in [-0.25, -0.2) is 0 Å². The predicted molar refractivity (Wildman–Crippen MR) is 45.6 cm³/mol. The van der Waals surface area contributed by atoms with Gasteiger partial charge in [-0.2, -0.15) is 0 Å². The molecule has 0 bridgehead atoms. The van der Waals surface area contributed by atoms with Gasteiger partial charge >= 0.3 is 0 Å². The topological polar surface area (TPSA) is 37.4 Å². The minimum Gasteiger partial charge on any atom is -0.345 e. The third-order valence-corrected chi connectivity index (χ3v) is 1.89. The highest BCUT2D eigenvalue weighted by Crippen LogP contribution is 2.16. The van der Waals surface area contributed by atoms with Gasteiger partial charge in [-0.1, -0.05) is 0 Å². The van der Waals surface area contributed by atoms with Crippen molar-refractivity contribution in [2.24, 2.45) is 0 Å². The SMILES string of the molecule is CN(C)C(=O)C1=CC(=O)CCC1. The zero-order valence-corrected chi connectivity index (χ0v) is 7.46. The molecule has 0 fully saturated rings. The van der Waals surface area contributed by atoms with Crippen LogP contribution in [0.1, 0.15) is 19.3 Å². The van der Waals surface area contributed by atoms with Gasteiger partial charge in [0, 0.05) is 26.1 Å². The van der Waals surface area contributed by atoms with Gasteiger partial charge in [0.05, 0.1) is 0 Å². The van der Waals surface area contributed by atoms with Crippen molar-refractivity contribution in [1.82, 2.24) is 4.90 Å². The van der Waals surface area contributed by atoms with Crippen molar-refractivity contribution in [1.29, 1.82) is 0 Å². The van der Waals surface area contributed by atoms with Crippen LogP contribution in [0.5, 0.6) is 0 Å². The quantitative estimate of drug-likeness (QED) is 0.578. The second-order valence-corrected chi connectivity index (χ2v) is 3.19. The Labute approximate surface area is 72.0 Å². The van der Waals surface area contributed by atoms with Crippen molar-refractivity contribution >= 4 is 11.7 Å². The number of carbonyl (C=O) groups excluding carboxylic acids is 2. The van der Waals surface area contributed by atoms with E-state index in [0.29, 0.717) is 12.0 Å². The normalized spacial score (nSPS) is 17.2. The molecule has 0 saturated carbocycles. The molecule has 66 valence electrons. The third kappa shape index (κ3) is 1.94. The van der Waals surface area contributed by atoms with Crippen molar-refractivity contribution in [3.05, 3.63) is 11.6 Å². The molecular weight excluding hydrogens is 154 g/mol. The van der Waals surface area contributed by atoms with Crippen molar-refractivity contribution in [3.8, 4) is 0 Å². The maximum atomic E-state index is 11.3. The molecule has 0 heterocycles. The molecule has 0 aliphatic heterocycles. The van der Waals surface area contributed by atoms with Gasteiger partial charge in [0.25, 0.3) is 0 Å². The Hall–Kier alpha value is -1.12. The van der Waals surface area contributed by atoms with E-state index in [0.717, 1.165) is 12.8 Å². The maximum Gasteiger partial charge on any atom is 0.249 e. The molecular formula is C9H13NO2. The van der Waals surface area contributed by atoms with Gasteiger partial charge in [0.1, 0.15) is 0 Å². The molecule has 0 aromatic rings. The van der Waals surface area contributed by atoms with E-state index in [1.165, 1.54) is 11.0 Å². The lowest BCUT2D eigenvalue weighted by Gasteiger charge is -2.15. The van der Waals surface area contributed by atoms with Gasteiger partial charge in [0.2, 0.25) is 5.91 Å². The summed E-state index contributed by atoms with van der Waals surface area (Å²) in [5.74, 6) is 0.0366. The second-order valence-electron chi connectivity index (χ2n) is 3.19. The highest BCUT2D eigenvalue weighted by Gasteiger charge is 2.17. The van der Waals surface area contributed by atoms with E-state index in [9.17, 15) is 9.59 Å². The lowest BCUT2D eigenvalue weighted by molar-refractivity contribution is -0.125. The van der Waals surface area contributed by atoms with Crippen molar-refractivity contribution in [2.75, 3.05) is 14.1 Å². The van der Waals surface area contributed by atoms with Gasteiger partial charge in [-0.3, -0.25) is 9.59 Å². The molecule has 3 heteroatoms. The van der Waals surface area contributed by atoms with Crippen LogP contribution in [0.2, 0.25) is 0 Å². The number of hydrogen-bond acceptors (Lipinski definition) is 2. The molecule has 0 aromatic carbocycles. The summed E-state index contributed by atoms with van der Waals surface area (Å²) in [5, 5.41) is 0.